The lowest BCUT2D eigenvalue weighted by Gasteiger charge is -2.25. The Balaban J connectivity index is 1.27. The molecule has 0 unspecified atom stereocenters. The van der Waals surface area contributed by atoms with Crippen molar-refractivity contribution in [1.82, 2.24) is 23.9 Å². The molecular formula is C49H47N5O. The second-order valence-electron chi connectivity index (χ2n) is 17.0. The number of nitrogens with zero attached hydrogens (tertiary/aromatic N) is 5. The van der Waals surface area contributed by atoms with Gasteiger partial charge in [0.2, 0.25) is 0 Å². The first-order valence-corrected chi connectivity index (χ1v) is 19.2. The summed E-state index contributed by atoms with van der Waals surface area (Å²) in [5.74, 6) is 2.35. The molecule has 0 fully saturated rings. The summed E-state index contributed by atoms with van der Waals surface area (Å²) in [5.41, 5.74) is 12.4. The highest BCUT2D eigenvalue weighted by atomic mass is 16.5. The number of pyridine rings is 1. The molecule has 0 N–H and O–H groups in total. The third kappa shape index (κ3) is 5.70. The van der Waals surface area contributed by atoms with Gasteiger partial charge in [0.05, 0.1) is 39.1 Å². The maximum absolute atomic E-state index is 6.59. The van der Waals surface area contributed by atoms with E-state index in [9.17, 15) is 0 Å². The Morgan fingerprint density at radius 2 is 1.16 bits per heavy atom. The Hall–Kier alpha value is -6.14. The van der Waals surface area contributed by atoms with Gasteiger partial charge in [0.1, 0.15) is 17.3 Å². The van der Waals surface area contributed by atoms with Crippen LogP contribution in [0.3, 0.4) is 0 Å². The molecular weight excluding hydrogens is 675 g/mol. The van der Waals surface area contributed by atoms with E-state index in [2.05, 4.69) is 167 Å². The largest absolute Gasteiger partial charge is 0.457 e. The minimum absolute atomic E-state index is 0.0732. The van der Waals surface area contributed by atoms with Crippen LogP contribution in [0, 0.1) is 20.8 Å². The summed E-state index contributed by atoms with van der Waals surface area (Å²) in [6, 6.07) is 41.0. The number of benzene rings is 5. The van der Waals surface area contributed by atoms with E-state index < -0.39 is 0 Å². The first-order chi connectivity index (χ1) is 26.3. The van der Waals surface area contributed by atoms with Crippen LogP contribution in [0.25, 0.3) is 60.8 Å². The van der Waals surface area contributed by atoms with Crippen LogP contribution in [-0.4, -0.2) is 23.9 Å². The number of hydrogen-bond donors (Lipinski definition) is 0. The molecule has 5 aromatic carbocycles. The van der Waals surface area contributed by atoms with Crippen LogP contribution < -0.4 is 4.74 Å². The molecule has 0 spiro atoms. The quantitative estimate of drug-likeness (QED) is 0.178. The standard InChI is InChI=1S/C49H47N5O/c1-30-29-50-45(28-43(30)53-46-38(18-13-20-40(46)48(4,5)6)39-19-14-21-41(47(39)53)49(7,8)9)52-42-22-11-10-17-36(42)37-24-23-35(27-44(37)52)55-34-16-12-15-33(26-34)54-32(3)25-31(2)51-54/h10-29H,1-9H3. The van der Waals surface area contributed by atoms with Crippen molar-refractivity contribution in [1.29, 1.82) is 0 Å². The van der Waals surface area contributed by atoms with Crippen molar-refractivity contribution >= 4 is 43.6 Å². The Bertz CT molecular complexity index is 2890. The van der Waals surface area contributed by atoms with Crippen LogP contribution >= 0.6 is 0 Å². The van der Waals surface area contributed by atoms with E-state index in [-0.39, 0.29) is 10.8 Å². The van der Waals surface area contributed by atoms with Crippen LogP contribution in [0.4, 0.5) is 0 Å². The fourth-order valence-corrected chi connectivity index (χ4v) is 8.40. The van der Waals surface area contributed by atoms with Crippen LogP contribution in [0.2, 0.25) is 0 Å². The van der Waals surface area contributed by atoms with Crippen LogP contribution in [0.1, 0.15) is 69.6 Å². The van der Waals surface area contributed by atoms with E-state index in [0.717, 1.165) is 62.1 Å². The normalized spacial score (nSPS) is 12.5. The average Bonchev–Trinajstić information content (AvgIpc) is 3.79. The second kappa shape index (κ2) is 12.5. The summed E-state index contributed by atoms with van der Waals surface area (Å²) < 4.78 is 13.4. The van der Waals surface area contributed by atoms with Gasteiger partial charge in [-0.25, -0.2) is 9.67 Å². The van der Waals surface area contributed by atoms with Gasteiger partial charge in [-0.2, -0.15) is 5.10 Å². The van der Waals surface area contributed by atoms with Gasteiger partial charge in [-0.05, 0) is 84.7 Å². The zero-order chi connectivity index (χ0) is 38.4. The zero-order valence-corrected chi connectivity index (χ0v) is 33.2. The van der Waals surface area contributed by atoms with E-state index in [1.165, 1.54) is 38.3 Å². The Labute approximate surface area is 322 Å². The maximum atomic E-state index is 6.59. The molecule has 55 heavy (non-hydrogen) atoms. The van der Waals surface area contributed by atoms with Gasteiger partial charge < -0.3 is 9.30 Å². The Kier molecular flexibility index (Phi) is 7.84. The third-order valence-electron chi connectivity index (χ3n) is 10.9. The summed E-state index contributed by atoms with van der Waals surface area (Å²) in [6.45, 7) is 20.1. The van der Waals surface area contributed by atoms with Gasteiger partial charge in [0.15, 0.2) is 0 Å². The van der Waals surface area contributed by atoms with Crippen LogP contribution in [0.15, 0.2) is 121 Å². The SMILES string of the molecule is Cc1cc(C)n(-c2cccc(Oc3ccc4c5ccccc5n(-c5cc(-n6c7c(C(C)(C)C)cccc7c7cccc(C(C)(C)C)c76)c(C)cn5)c4c3)c2)n1. The molecule has 0 amide bonds. The minimum Gasteiger partial charge on any atom is -0.457 e. The van der Waals surface area contributed by atoms with Crippen molar-refractivity contribution < 1.29 is 4.74 Å². The number of hydrogen-bond acceptors (Lipinski definition) is 3. The van der Waals surface area contributed by atoms with Gasteiger partial charge >= 0.3 is 0 Å². The lowest BCUT2D eigenvalue weighted by atomic mass is 9.85. The smallest absolute Gasteiger partial charge is 0.139 e. The van der Waals surface area contributed by atoms with E-state index >= 15 is 0 Å². The number of para-hydroxylation sites is 3. The molecule has 0 saturated heterocycles. The topological polar surface area (TPSA) is 49.8 Å². The fourth-order valence-electron chi connectivity index (χ4n) is 8.40. The number of aromatic nitrogens is 5. The van der Waals surface area contributed by atoms with E-state index in [4.69, 9.17) is 9.72 Å². The van der Waals surface area contributed by atoms with Crippen molar-refractivity contribution in [2.24, 2.45) is 0 Å². The highest BCUT2D eigenvalue weighted by molar-refractivity contribution is 6.12. The molecule has 0 radical (unpaired) electrons. The first-order valence-electron chi connectivity index (χ1n) is 19.2. The third-order valence-corrected chi connectivity index (χ3v) is 10.9. The minimum atomic E-state index is -0.0732. The molecule has 0 saturated carbocycles. The van der Waals surface area contributed by atoms with E-state index in [1.807, 2.05) is 36.0 Å². The zero-order valence-electron chi connectivity index (χ0n) is 33.2. The molecule has 274 valence electrons. The van der Waals surface area contributed by atoms with Crippen molar-refractivity contribution in [3.63, 3.8) is 0 Å². The Morgan fingerprint density at radius 1 is 0.545 bits per heavy atom. The van der Waals surface area contributed by atoms with E-state index in [1.54, 1.807) is 0 Å². The Morgan fingerprint density at radius 3 is 1.82 bits per heavy atom. The molecule has 6 nitrogen and oxygen atoms in total. The van der Waals surface area contributed by atoms with Crippen LogP contribution in [0.5, 0.6) is 11.5 Å². The molecule has 0 aliphatic heterocycles. The molecule has 4 aromatic heterocycles. The van der Waals surface area contributed by atoms with Crippen molar-refractivity contribution in [3.05, 3.63) is 150 Å². The van der Waals surface area contributed by atoms with Crippen molar-refractivity contribution in [3.8, 4) is 28.7 Å². The second-order valence-corrected chi connectivity index (χ2v) is 17.0. The highest BCUT2D eigenvalue weighted by Crippen LogP contribution is 2.43. The van der Waals surface area contributed by atoms with E-state index in [0.29, 0.717) is 0 Å². The van der Waals surface area contributed by atoms with Gasteiger partial charge in [0, 0.05) is 51.6 Å². The molecule has 4 heterocycles. The molecule has 0 atom stereocenters. The molecule has 0 aliphatic carbocycles. The summed E-state index contributed by atoms with van der Waals surface area (Å²) in [4.78, 5) is 5.16. The summed E-state index contributed by atoms with van der Waals surface area (Å²) in [5, 5.41) is 9.54. The van der Waals surface area contributed by atoms with Crippen molar-refractivity contribution in [2.75, 3.05) is 0 Å². The number of aryl methyl sites for hydroxylation is 3. The van der Waals surface area contributed by atoms with Gasteiger partial charge in [0.25, 0.3) is 0 Å². The maximum Gasteiger partial charge on any atom is 0.139 e. The predicted molar refractivity (Wildman–Crippen MR) is 228 cm³/mol. The number of rotatable bonds is 5. The molecule has 9 aromatic rings. The molecule has 0 aliphatic rings. The summed E-state index contributed by atoms with van der Waals surface area (Å²) in [7, 11) is 0. The summed E-state index contributed by atoms with van der Waals surface area (Å²) in [6.07, 6.45) is 2.03. The average molecular weight is 722 g/mol. The van der Waals surface area contributed by atoms with Gasteiger partial charge in [-0.1, -0.05) is 102 Å². The lowest BCUT2D eigenvalue weighted by molar-refractivity contribution is 0.482. The summed E-state index contributed by atoms with van der Waals surface area (Å²) >= 11 is 0. The highest BCUT2D eigenvalue weighted by Gasteiger charge is 2.27. The van der Waals surface area contributed by atoms with Crippen LogP contribution in [-0.2, 0) is 10.8 Å². The number of fused-ring (bicyclic) bond motifs is 6. The lowest BCUT2D eigenvalue weighted by Crippen LogP contribution is -2.15. The monoisotopic (exact) mass is 721 g/mol. The number of ether oxygens (including phenoxy) is 1. The van der Waals surface area contributed by atoms with Gasteiger partial charge in [-0.15, -0.1) is 0 Å². The molecule has 6 heteroatoms. The fraction of sp³-hybridized carbons (Fsp3) is 0.224. The van der Waals surface area contributed by atoms with Crippen molar-refractivity contribution in [2.45, 2.75) is 73.1 Å². The molecule has 0 bridgehead atoms. The first kappa shape index (κ1) is 34.6. The van der Waals surface area contributed by atoms with Gasteiger partial charge in [-0.3, -0.25) is 4.57 Å². The predicted octanol–water partition coefficient (Wildman–Crippen LogP) is 12.8. The molecule has 9 rings (SSSR count).